The van der Waals surface area contributed by atoms with Gasteiger partial charge in [-0.25, -0.2) is 29.9 Å². The molecular weight excluding hydrogens is 1370 g/mol. The molecule has 40 nitrogen and oxygen atoms in total. The van der Waals surface area contributed by atoms with E-state index >= 15 is 0 Å². The van der Waals surface area contributed by atoms with Crippen molar-refractivity contribution in [1.82, 2.24) is 29.9 Å². The van der Waals surface area contributed by atoms with Crippen LogP contribution in [0, 0.1) is 55.4 Å². The van der Waals surface area contributed by atoms with Crippen LogP contribution in [0.15, 0.2) is 0 Å². The van der Waals surface area contributed by atoms with Gasteiger partial charge < -0.3 is 185 Å². The summed E-state index contributed by atoms with van der Waals surface area (Å²) in [6.45, 7) is 16.2. The van der Waals surface area contributed by atoms with Gasteiger partial charge in [0.2, 0.25) is 11.6 Å². The molecule has 0 bridgehead atoms. The van der Waals surface area contributed by atoms with Gasteiger partial charge >= 0.3 is 14.5 Å². The largest absolute Gasteiger partial charge is 2.00 e. The van der Waals surface area contributed by atoms with Crippen LogP contribution in [0.3, 0.4) is 0 Å². The van der Waals surface area contributed by atoms with E-state index in [1.807, 2.05) is 55.4 Å². The van der Waals surface area contributed by atoms with Gasteiger partial charge in [-0.1, -0.05) is 0 Å². The standard InChI is InChI=1S/2C10H14N4.6H2O.26O.10V/c2*1-5-6(2)12-9(11-5)10-13-7(3)8(4)14-10;;;;;;;;;;;;;;;;;;;;;;;;;;;;;;;;;;;;;;;;;;/h2*1-4H3,(H,11,12)(H,13,14);6*1H2;;;;;;;;;;;;;;;;;;;;;;;;;;;;;;;;;;;;/q;;;;;;;;26*-2;;;;;;;;;;/p+2. The van der Waals surface area contributed by atoms with Gasteiger partial charge in [-0.05, 0) is 27.7 Å². The van der Waals surface area contributed by atoms with Crippen LogP contribution in [-0.2, 0) is 328 Å². The summed E-state index contributed by atoms with van der Waals surface area (Å²) < 4.78 is 0. The second-order valence-corrected chi connectivity index (χ2v) is 7.34. The summed E-state index contributed by atoms with van der Waals surface area (Å²) in [4.78, 5) is 28.3. The molecule has 0 saturated carbocycles. The van der Waals surface area contributed by atoms with E-state index < -0.39 is 0 Å². The predicted octanol–water partition coefficient (Wildman–Crippen LogP) is -3.64. The molecule has 0 spiro atoms. The number of rotatable bonds is 2. The zero-order valence-corrected chi connectivity index (χ0v) is 49.8. The number of aromatic amines is 6. The first-order chi connectivity index (χ1) is 13.2. The molecule has 0 amide bonds. The van der Waals surface area contributed by atoms with Crippen molar-refractivity contribution in [3.63, 3.8) is 0 Å². The maximum atomic E-state index is 4.42. The Balaban J connectivity index is -0.00000000388. The third-order valence-electron chi connectivity index (χ3n) is 5.10. The molecule has 0 aliphatic carbocycles. The zero-order valence-electron chi connectivity index (χ0n) is 37.9. The van der Waals surface area contributed by atoms with Crippen molar-refractivity contribution in [2.45, 2.75) is 55.4 Å². The summed E-state index contributed by atoms with van der Waals surface area (Å²) in [6.07, 6.45) is 0. The van der Waals surface area contributed by atoms with Crippen LogP contribution in [0.4, 0.5) is 0 Å². The van der Waals surface area contributed by atoms with Gasteiger partial charge in [0.1, 0.15) is 22.8 Å². The zero-order chi connectivity index (χ0) is 20.6. The number of hydrogen-bond donors (Lipinski definition) is 4. The van der Waals surface area contributed by atoms with Crippen LogP contribution < -0.4 is 9.97 Å². The molecule has 10 radical (unpaired) electrons. The maximum Gasteiger partial charge on any atom is 1.00 e. The van der Waals surface area contributed by atoms with Crippen molar-refractivity contribution in [2.24, 2.45) is 0 Å². The summed E-state index contributed by atoms with van der Waals surface area (Å²) in [5.74, 6) is 3.62. The van der Waals surface area contributed by atoms with Crippen LogP contribution >= 0.6 is 0 Å². The molecule has 0 aromatic carbocycles. The summed E-state index contributed by atoms with van der Waals surface area (Å²) in [7, 11) is 0. The summed E-state index contributed by atoms with van der Waals surface area (Å²) in [5.41, 5.74) is 8.88. The van der Waals surface area contributed by atoms with E-state index in [1.54, 1.807) is 0 Å². The molecule has 0 saturated heterocycles. The molecule has 0 atom stereocenters. The van der Waals surface area contributed by atoms with Gasteiger partial charge in [0.05, 0.1) is 11.4 Å². The minimum atomic E-state index is 0. The molecule has 4 aromatic rings. The van der Waals surface area contributed by atoms with E-state index in [1.165, 1.54) is 0 Å². The Morgan fingerprint density at radius 1 is 0.271 bits per heavy atom. The Bertz CT molecular complexity index is 965. The van der Waals surface area contributed by atoms with E-state index in [4.69, 9.17) is 0 Å². The molecular formula is C20H42N8O32V10-50. The van der Waals surface area contributed by atoms with Gasteiger partial charge in [0.15, 0.2) is 0 Å². The second-order valence-electron chi connectivity index (χ2n) is 7.34. The fourth-order valence-electron chi connectivity index (χ4n) is 2.76. The predicted molar refractivity (Wildman–Crippen MR) is 146 cm³/mol. The van der Waals surface area contributed by atoms with Crippen molar-refractivity contribution in [3.05, 3.63) is 45.6 Å². The quantitative estimate of drug-likeness (QED) is 0.158. The summed E-state index contributed by atoms with van der Waals surface area (Å²) in [5, 5.41) is 0. The van der Waals surface area contributed by atoms with E-state index in [9.17, 15) is 0 Å². The fourth-order valence-corrected chi connectivity index (χ4v) is 2.76. The van der Waals surface area contributed by atoms with Crippen LogP contribution in [0.5, 0.6) is 0 Å². The van der Waals surface area contributed by atoms with Crippen molar-refractivity contribution in [3.8, 4) is 23.3 Å². The van der Waals surface area contributed by atoms with Crippen LogP contribution in [0.2, 0.25) is 0 Å². The molecule has 50 heteroatoms. The third kappa shape index (κ3) is 98.6. The first kappa shape index (κ1) is 359. The molecule has 454 valence electrons. The van der Waals surface area contributed by atoms with E-state index in [2.05, 4.69) is 39.9 Å². The molecule has 0 aliphatic rings. The van der Waals surface area contributed by atoms with Crippen molar-refractivity contribution >= 4 is 0 Å². The minimum Gasteiger partial charge on any atom is -2.00 e. The Labute approximate surface area is 523 Å². The number of nitrogens with one attached hydrogen (secondary N) is 6. The normalized spacial score (nSPS) is 4.34. The van der Waals surface area contributed by atoms with E-state index in [0.29, 0.717) is 0 Å². The summed E-state index contributed by atoms with van der Waals surface area (Å²) in [6, 6.07) is 0. The van der Waals surface area contributed by atoms with Crippen LogP contribution in [0.1, 0.15) is 48.4 Å². The Morgan fingerprint density at radius 2 is 0.414 bits per heavy atom. The topological polar surface area (TPSA) is 1040 Å². The van der Waals surface area contributed by atoms with E-state index in [-0.39, 0.29) is 364 Å². The number of aryl methyl sites for hydroxylation is 8. The molecule has 70 heavy (non-hydrogen) atoms. The Kier molecular flexibility index (Phi) is 843. The molecule has 0 fully saturated rings. The van der Waals surface area contributed by atoms with Gasteiger partial charge in [-0.15, -0.1) is 0 Å². The van der Waals surface area contributed by atoms with Crippen molar-refractivity contribution < 1.29 is 374 Å². The SMILES string of the molecule is Cc1nc(-c2[nH]c(C)c(C)[nH+]2)[nH]c1C.Cc1nc(-c2[nH]c(C)c(C)[nH+]2)[nH]c1C.O.O.O.O.[H+].[H+].[O-2].[O-2].[O-2].[O-2].[O-2].[O-2].[O-2].[O-2].[O-2].[O-2].[O-2].[O-2].[O-2].[O-2].[O-2].[O-2].[O-2].[O-2].[O-2].[O-2].[O-2].[O-2].[O-2].[O-2].[O-2].[O-2].[OH-].[OH-].[V].[V].[V].[V].[V].[V].[V].[V].[V].[V]. The first-order valence-corrected chi connectivity index (χ1v) is 9.39. The average Bonchev–Trinajstić information content (AvgIpc) is 3.34. The molecule has 16 N–H and O–H groups in total. The maximum absolute atomic E-state index is 4.42. The molecule has 0 unspecified atom stereocenters. The number of hydrogen-bond acceptors (Lipinski definition) is 4. The third-order valence-corrected chi connectivity index (χ3v) is 5.10. The number of nitrogens with zero attached hydrogens (tertiary/aromatic N) is 2. The Morgan fingerprint density at radius 3 is 0.500 bits per heavy atom. The van der Waals surface area contributed by atoms with Gasteiger partial charge in [0, 0.05) is 225 Å². The minimum absolute atomic E-state index is 0. The first-order valence-electron chi connectivity index (χ1n) is 9.39. The van der Waals surface area contributed by atoms with Crippen LogP contribution in [0.25, 0.3) is 23.3 Å². The smallest absolute Gasteiger partial charge is 1.00 e. The van der Waals surface area contributed by atoms with Gasteiger partial charge in [-0.3, -0.25) is 0 Å². The molecule has 4 aromatic heterocycles. The fraction of sp³-hybridized carbons (Fsp3) is 0.400. The van der Waals surface area contributed by atoms with Gasteiger partial charge in [0.25, 0.3) is 0 Å². The molecule has 4 rings (SSSR count). The van der Waals surface area contributed by atoms with Crippen molar-refractivity contribution in [1.29, 1.82) is 0 Å². The Hall–Kier alpha value is 1.40. The van der Waals surface area contributed by atoms with Crippen molar-refractivity contribution in [2.75, 3.05) is 0 Å². The van der Waals surface area contributed by atoms with Crippen LogP contribution in [-0.4, -0.2) is 62.8 Å². The van der Waals surface area contributed by atoms with E-state index in [0.717, 1.165) is 68.8 Å². The monoisotopic (exact) mass is 1420 g/mol. The number of H-pyrrole nitrogens is 6. The average molecular weight is 1420 g/mol. The number of aromatic nitrogens is 8. The van der Waals surface area contributed by atoms with Gasteiger partial charge in [-0.2, -0.15) is 0 Å². The molecule has 4 heterocycles. The second kappa shape index (κ2) is 165. The molecule has 0 aliphatic heterocycles. The summed E-state index contributed by atoms with van der Waals surface area (Å²) >= 11 is 0. The number of imidazole rings is 4.